The van der Waals surface area contributed by atoms with E-state index in [0.29, 0.717) is 6.42 Å². The van der Waals surface area contributed by atoms with Crippen molar-refractivity contribution in [2.24, 2.45) is 5.73 Å². The Morgan fingerprint density at radius 3 is 2.60 bits per heavy atom. The zero-order valence-electron chi connectivity index (χ0n) is 8.27. The lowest BCUT2D eigenvalue weighted by Gasteiger charge is -2.10. The Hall–Kier alpha value is -1.68. The van der Waals surface area contributed by atoms with Gasteiger partial charge in [0.2, 0.25) is 12.2 Å². The Morgan fingerprint density at radius 1 is 1.40 bits per heavy atom. The van der Waals surface area contributed by atoms with Gasteiger partial charge in [0.1, 0.15) is 0 Å². The maximum absolute atomic E-state index is 11.0. The number of amides is 1. The second kappa shape index (κ2) is 5.93. The summed E-state index contributed by atoms with van der Waals surface area (Å²) < 4.78 is 0. The molecule has 15 heavy (non-hydrogen) atoms. The quantitative estimate of drug-likeness (QED) is 0.698. The largest absolute Gasteiger partial charge is 0.344 e. The Balaban J connectivity index is 2.54. The summed E-state index contributed by atoms with van der Waals surface area (Å²) in [7, 11) is 0. The second-order valence-electron chi connectivity index (χ2n) is 3.13. The van der Waals surface area contributed by atoms with Gasteiger partial charge in [-0.3, -0.25) is 9.59 Å². The summed E-state index contributed by atoms with van der Waals surface area (Å²) >= 11 is 0. The van der Waals surface area contributed by atoms with Crippen molar-refractivity contribution in [1.29, 1.82) is 0 Å². The second-order valence-corrected chi connectivity index (χ2v) is 3.13. The molecule has 4 nitrogen and oxygen atoms in total. The van der Waals surface area contributed by atoms with Crippen LogP contribution in [0.5, 0.6) is 0 Å². The van der Waals surface area contributed by atoms with E-state index in [9.17, 15) is 9.59 Å². The summed E-state index contributed by atoms with van der Waals surface area (Å²) in [5.74, 6) is -0.348. The number of hydrogen-bond acceptors (Lipinski definition) is 3. The summed E-state index contributed by atoms with van der Waals surface area (Å²) in [6.07, 6.45) is 2.22. The van der Waals surface area contributed by atoms with Crippen molar-refractivity contribution >= 4 is 12.2 Å². The van der Waals surface area contributed by atoms with Crippen molar-refractivity contribution in [3.05, 3.63) is 35.9 Å². The van der Waals surface area contributed by atoms with Crippen molar-refractivity contribution in [3.63, 3.8) is 0 Å². The molecule has 0 saturated carbocycles. The van der Waals surface area contributed by atoms with Gasteiger partial charge in [0.25, 0.3) is 0 Å². The highest BCUT2D eigenvalue weighted by Crippen LogP contribution is 2.01. The van der Waals surface area contributed by atoms with E-state index in [1.807, 2.05) is 30.3 Å². The van der Waals surface area contributed by atoms with Crippen molar-refractivity contribution < 1.29 is 9.59 Å². The van der Waals surface area contributed by atoms with Gasteiger partial charge in [-0.25, -0.2) is 0 Å². The first-order chi connectivity index (χ1) is 7.26. The summed E-state index contributed by atoms with van der Waals surface area (Å²) in [6, 6.07) is 8.80. The van der Waals surface area contributed by atoms with Crippen LogP contribution in [0.1, 0.15) is 5.56 Å². The third-order valence-corrected chi connectivity index (χ3v) is 1.95. The Labute approximate surface area is 88.5 Å². The van der Waals surface area contributed by atoms with Crippen LogP contribution in [0.4, 0.5) is 0 Å². The van der Waals surface area contributed by atoms with Gasteiger partial charge in [-0.15, -0.1) is 0 Å². The van der Waals surface area contributed by atoms with Crippen molar-refractivity contribution in [2.75, 3.05) is 6.54 Å². The highest BCUT2D eigenvalue weighted by Gasteiger charge is 2.11. The average Bonchev–Trinajstić information content (AvgIpc) is 2.29. The van der Waals surface area contributed by atoms with Gasteiger partial charge >= 0.3 is 0 Å². The molecular formula is C11H13N2O2. The molecule has 1 unspecified atom stereocenters. The van der Waals surface area contributed by atoms with Gasteiger partial charge in [-0.1, -0.05) is 30.3 Å². The van der Waals surface area contributed by atoms with E-state index in [1.54, 1.807) is 6.29 Å². The molecule has 1 aromatic rings. The molecule has 0 bridgehead atoms. The summed E-state index contributed by atoms with van der Waals surface area (Å²) in [5, 5.41) is 2.48. The molecule has 1 rings (SSSR count). The van der Waals surface area contributed by atoms with Crippen LogP contribution >= 0.6 is 0 Å². The van der Waals surface area contributed by atoms with E-state index in [2.05, 4.69) is 5.32 Å². The van der Waals surface area contributed by atoms with Crippen LogP contribution in [0.15, 0.2) is 30.3 Å². The highest BCUT2D eigenvalue weighted by molar-refractivity contribution is 5.81. The molecule has 0 aliphatic carbocycles. The van der Waals surface area contributed by atoms with E-state index < -0.39 is 6.04 Å². The van der Waals surface area contributed by atoms with Gasteiger partial charge in [0.15, 0.2) is 0 Å². The molecule has 0 spiro atoms. The Bertz CT molecular complexity index is 325. The van der Waals surface area contributed by atoms with Crippen LogP contribution in [0, 0.1) is 0 Å². The maximum Gasteiger partial charge on any atom is 0.234 e. The van der Waals surface area contributed by atoms with Crippen LogP contribution in [-0.4, -0.2) is 24.8 Å². The zero-order valence-corrected chi connectivity index (χ0v) is 8.27. The fourth-order valence-corrected chi connectivity index (χ4v) is 1.23. The number of rotatable bonds is 5. The van der Waals surface area contributed by atoms with Crippen molar-refractivity contribution in [3.8, 4) is 0 Å². The lowest BCUT2D eigenvalue weighted by molar-refractivity contribution is -0.120. The first-order valence-corrected chi connectivity index (χ1v) is 4.67. The summed E-state index contributed by atoms with van der Waals surface area (Å²) in [6.45, 7) is -0.118. The number of carbonyl (C=O) groups is 1. The summed E-state index contributed by atoms with van der Waals surface area (Å²) in [4.78, 5) is 21.5. The van der Waals surface area contributed by atoms with E-state index in [-0.39, 0.29) is 12.5 Å². The van der Waals surface area contributed by atoms with Crippen LogP contribution in [0.25, 0.3) is 0 Å². The lowest BCUT2D eigenvalue weighted by Crippen LogP contribution is -2.40. The molecule has 1 radical (unpaired) electrons. The Kier molecular flexibility index (Phi) is 4.50. The predicted octanol–water partition coefficient (Wildman–Crippen LogP) is -0.218. The molecule has 0 aliphatic heterocycles. The number of hydrogen-bond donors (Lipinski definition) is 2. The molecule has 0 fully saturated rings. The van der Waals surface area contributed by atoms with Gasteiger partial charge in [-0.05, 0) is 5.56 Å². The molecule has 0 aromatic heterocycles. The molecule has 4 heteroatoms. The normalized spacial score (nSPS) is 11.8. The zero-order chi connectivity index (χ0) is 11.1. The molecule has 1 aromatic carbocycles. The molecule has 79 valence electrons. The fraction of sp³-hybridized carbons (Fsp3) is 0.273. The van der Waals surface area contributed by atoms with Gasteiger partial charge < -0.3 is 11.1 Å². The number of benzene rings is 1. The van der Waals surface area contributed by atoms with Crippen molar-refractivity contribution in [1.82, 2.24) is 5.32 Å². The molecule has 1 atom stereocenters. The van der Waals surface area contributed by atoms with Crippen LogP contribution < -0.4 is 11.1 Å². The molecule has 1 amide bonds. The number of carbonyl (C=O) groups excluding carboxylic acids is 2. The number of nitrogens with one attached hydrogen (secondary N) is 1. The van der Waals surface area contributed by atoms with Gasteiger partial charge in [-0.2, -0.15) is 0 Å². The SMILES string of the molecule is NCC(=O)NC([C]=O)Cc1ccccc1. The van der Waals surface area contributed by atoms with E-state index >= 15 is 0 Å². The third kappa shape index (κ3) is 3.91. The topological polar surface area (TPSA) is 72.2 Å². The molecule has 0 aliphatic rings. The van der Waals surface area contributed by atoms with Gasteiger partial charge in [0, 0.05) is 6.42 Å². The fourth-order valence-electron chi connectivity index (χ4n) is 1.23. The number of nitrogens with two attached hydrogens (primary N) is 1. The first kappa shape index (κ1) is 11.4. The first-order valence-electron chi connectivity index (χ1n) is 4.67. The molecule has 3 N–H and O–H groups in total. The summed E-state index contributed by atoms with van der Waals surface area (Å²) in [5.41, 5.74) is 6.10. The van der Waals surface area contributed by atoms with Gasteiger partial charge in [0.05, 0.1) is 12.6 Å². The van der Waals surface area contributed by atoms with E-state index in [4.69, 9.17) is 5.73 Å². The van der Waals surface area contributed by atoms with Crippen molar-refractivity contribution in [2.45, 2.75) is 12.5 Å². The minimum atomic E-state index is -0.622. The monoisotopic (exact) mass is 205 g/mol. The minimum absolute atomic E-state index is 0.118. The third-order valence-electron chi connectivity index (χ3n) is 1.95. The standard InChI is InChI=1S/C11H13N2O2/c12-7-11(15)13-10(8-14)6-9-4-2-1-3-5-9/h1-5,10H,6-7,12H2,(H,13,15). The molecule has 0 saturated heterocycles. The highest BCUT2D eigenvalue weighted by atomic mass is 16.2. The van der Waals surface area contributed by atoms with Crippen LogP contribution in [0.2, 0.25) is 0 Å². The maximum atomic E-state index is 11.0. The molecular weight excluding hydrogens is 192 g/mol. The van der Waals surface area contributed by atoms with E-state index in [0.717, 1.165) is 5.56 Å². The predicted molar refractivity (Wildman–Crippen MR) is 56.8 cm³/mol. The lowest BCUT2D eigenvalue weighted by atomic mass is 10.1. The van der Waals surface area contributed by atoms with E-state index in [1.165, 1.54) is 0 Å². The smallest absolute Gasteiger partial charge is 0.234 e. The Morgan fingerprint density at radius 2 is 2.07 bits per heavy atom. The van der Waals surface area contributed by atoms with Crippen LogP contribution in [-0.2, 0) is 16.0 Å². The average molecular weight is 205 g/mol. The minimum Gasteiger partial charge on any atom is -0.344 e. The van der Waals surface area contributed by atoms with Crippen LogP contribution in [0.3, 0.4) is 0 Å². The molecule has 0 heterocycles.